The lowest BCUT2D eigenvalue weighted by atomic mass is 9.88. The average molecular weight is 414 g/mol. The van der Waals surface area contributed by atoms with Crippen LogP contribution in [0.1, 0.15) is 11.1 Å². The normalized spacial score (nSPS) is 18.8. The van der Waals surface area contributed by atoms with E-state index in [2.05, 4.69) is 15.9 Å². The molecule has 0 N–H and O–H groups in total. The van der Waals surface area contributed by atoms with Crippen molar-refractivity contribution in [3.05, 3.63) is 70.2 Å². The van der Waals surface area contributed by atoms with E-state index in [0.29, 0.717) is 12.1 Å². The zero-order valence-electron chi connectivity index (χ0n) is 14.1. The summed E-state index contributed by atoms with van der Waals surface area (Å²) < 4.78 is 12.3. The second kappa shape index (κ2) is 6.37. The number of carbonyl (C=O) groups excluding carboxylic acids is 2. The maximum atomic E-state index is 12.2. The Hall–Kier alpha value is -2.44. The molecule has 2 aromatic carbocycles. The molecule has 26 heavy (non-hydrogen) atoms. The van der Waals surface area contributed by atoms with E-state index in [1.165, 1.54) is 0 Å². The fourth-order valence-corrected chi connectivity index (χ4v) is 3.86. The Balaban J connectivity index is 1.98. The Labute approximate surface area is 159 Å². The molecule has 0 unspecified atom stereocenters. The molecule has 0 radical (unpaired) electrons. The number of likely N-dealkylation sites (N-methyl/N-ethyl adjacent to an activating group) is 1. The van der Waals surface area contributed by atoms with Crippen molar-refractivity contribution in [2.75, 3.05) is 13.6 Å². The number of hydrogen-bond acceptors (Lipinski definition) is 5. The van der Waals surface area contributed by atoms with Crippen molar-refractivity contribution in [1.82, 2.24) is 4.90 Å². The van der Waals surface area contributed by atoms with Crippen molar-refractivity contribution in [2.24, 2.45) is 0 Å². The van der Waals surface area contributed by atoms with Gasteiger partial charge in [-0.25, -0.2) is 14.5 Å². The van der Waals surface area contributed by atoms with Crippen LogP contribution in [0.3, 0.4) is 0 Å². The fourth-order valence-electron chi connectivity index (χ4n) is 3.46. The number of halogens is 1. The summed E-state index contributed by atoms with van der Waals surface area (Å²) in [5.41, 5.74) is 3.48. The first kappa shape index (κ1) is 17.0. The van der Waals surface area contributed by atoms with Gasteiger partial charge in [0.1, 0.15) is 0 Å². The quantitative estimate of drug-likeness (QED) is 0.670. The van der Waals surface area contributed by atoms with Gasteiger partial charge < -0.3 is 9.47 Å². The van der Waals surface area contributed by atoms with Gasteiger partial charge in [0.2, 0.25) is 0 Å². The maximum Gasteiger partial charge on any atom is 0.350 e. The summed E-state index contributed by atoms with van der Waals surface area (Å²) in [4.78, 5) is 26.1. The summed E-state index contributed by atoms with van der Waals surface area (Å²) in [6.07, 6.45) is 2.96. The van der Waals surface area contributed by atoms with E-state index < -0.39 is 17.8 Å². The summed E-state index contributed by atoms with van der Waals surface area (Å²) in [7, 11) is 1.78. The summed E-state index contributed by atoms with van der Waals surface area (Å²) >= 11 is 3.50. The van der Waals surface area contributed by atoms with Gasteiger partial charge in [-0.05, 0) is 42.3 Å². The number of esters is 2. The number of carbonyl (C=O) groups is 2. The molecule has 2 aromatic rings. The van der Waals surface area contributed by atoms with E-state index in [9.17, 15) is 9.59 Å². The third-order valence-electron chi connectivity index (χ3n) is 4.65. The van der Waals surface area contributed by atoms with Crippen LogP contribution in [-0.4, -0.2) is 30.4 Å². The van der Waals surface area contributed by atoms with Gasteiger partial charge in [-0.15, -0.1) is 0 Å². The Morgan fingerprint density at radius 1 is 1.04 bits per heavy atom. The molecule has 0 fully saturated rings. The highest BCUT2D eigenvalue weighted by Gasteiger charge is 2.50. The lowest BCUT2D eigenvalue weighted by Gasteiger charge is -2.43. The first-order chi connectivity index (χ1) is 12.5. The molecule has 5 nitrogen and oxygen atoms in total. The summed E-state index contributed by atoms with van der Waals surface area (Å²) in [6.45, 7) is 0.593. The van der Waals surface area contributed by atoms with Crippen LogP contribution in [0.25, 0.3) is 11.1 Å². The van der Waals surface area contributed by atoms with E-state index in [-0.39, 0.29) is 0 Å². The van der Waals surface area contributed by atoms with Crippen molar-refractivity contribution >= 4 is 27.9 Å². The van der Waals surface area contributed by atoms with Crippen LogP contribution in [0.5, 0.6) is 0 Å². The Bertz CT molecular complexity index is 917. The molecule has 2 aliphatic heterocycles. The van der Waals surface area contributed by atoms with Gasteiger partial charge in [0, 0.05) is 23.2 Å². The van der Waals surface area contributed by atoms with Crippen molar-refractivity contribution in [3.8, 4) is 11.1 Å². The Morgan fingerprint density at radius 3 is 2.42 bits per heavy atom. The maximum absolute atomic E-state index is 12.2. The smallest absolute Gasteiger partial charge is 0.350 e. The number of ether oxygens (including phenoxy) is 2. The van der Waals surface area contributed by atoms with Crippen LogP contribution in [0.15, 0.2) is 59.1 Å². The molecule has 1 spiro atoms. The number of fused-ring (bicyclic) bond motifs is 2. The van der Waals surface area contributed by atoms with E-state index in [0.717, 1.165) is 39.7 Å². The lowest BCUT2D eigenvalue weighted by Crippen LogP contribution is -2.53. The molecule has 0 saturated carbocycles. The highest BCUT2D eigenvalue weighted by molar-refractivity contribution is 9.10. The van der Waals surface area contributed by atoms with Gasteiger partial charge in [-0.3, -0.25) is 0 Å². The molecule has 6 heteroatoms. The van der Waals surface area contributed by atoms with Crippen molar-refractivity contribution in [1.29, 1.82) is 0 Å². The second-order valence-electron chi connectivity index (χ2n) is 6.28. The molecule has 0 bridgehead atoms. The van der Waals surface area contributed by atoms with Gasteiger partial charge in [0.15, 0.2) is 0 Å². The molecule has 0 saturated heterocycles. The van der Waals surface area contributed by atoms with Crippen LogP contribution in [0, 0.1) is 0 Å². The summed E-state index contributed by atoms with van der Waals surface area (Å²) in [5.74, 6) is -2.80. The molecule has 0 aromatic heterocycles. The molecular formula is C20H16BrNO4. The minimum absolute atomic E-state index is 0.593. The molecule has 0 amide bonds. The molecule has 4 rings (SSSR count). The van der Waals surface area contributed by atoms with Crippen LogP contribution in [0.4, 0.5) is 0 Å². The first-order valence-electron chi connectivity index (χ1n) is 8.23. The minimum Gasteiger partial charge on any atom is -0.401 e. The third-order valence-corrected chi connectivity index (χ3v) is 5.15. The predicted molar refractivity (Wildman–Crippen MR) is 98.9 cm³/mol. The molecule has 0 aliphatic carbocycles. The number of nitrogens with zero attached hydrogens (tertiary/aromatic N) is 1. The highest BCUT2D eigenvalue weighted by Crippen LogP contribution is 2.44. The molecule has 2 aliphatic rings. The topological polar surface area (TPSA) is 55.8 Å². The molecule has 0 atom stereocenters. The molecular weight excluding hydrogens is 398 g/mol. The van der Waals surface area contributed by atoms with E-state index >= 15 is 0 Å². The van der Waals surface area contributed by atoms with Gasteiger partial charge in [0.05, 0.1) is 5.56 Å². The van der Waals surface area contributed by atoms with Crippen molar-refractivity contribution in [3.63, 3.8) is 0 Å². The number of benzene rings is 2. The average Bonchev–Trinajstić information content (AvgIpc) is 2.77. The Kier molecular flexibility index (Phi) is 4.17. The molecule has 132 valence electrons. The zero-order valence-corrected chi connectivity index (χ0v) is 15.7. The lowest BCUT2D eigenvalue weighted by molar-refractivity contribution is -0.289. The third kappa shape index (κ3) is 2.75. The van der Waals surface area contributed by atoms with Gasteiger partial charge in [-0.2, -0.15) is 0 Å². The van der Waals surface area contributed by atoms with E-state index in [1.54, 1.807) is 11.9 Å². The van der Waals surface area contributed by atoms with Gasteiger partial charge in [0.25, 0.3) is 0 Å². The van der Waals surface area contributed by atoms with E-state index in [4.69, 9.17) is 9.47 Å². The zero-order chi connectivity index (χ0) is 18.3. The summed E-state index contributed by atoms with van der Waals surface area (Å²) in [5, 5.41) is 0. The van der Waals surface area contributed by atoms with Gasteiger partial charge in [-0.1, -0.05) is 46.3 Å². The first-order valence-corrected chi connectivity index (χ1v) is 9.02. The largest absolute Gasteiger partial charge is 0.401 e. The van der Waals surface area contributed by atoms with Crippen LogP contribution in [-0.2, 0) is 31.4 Å². The van der Waals surface area contributed by atoms with Crippen LogP contribution < -0.4 is 0 Å². The molecule has 2 heterocycles. The highest BCUT2D eigenvalue weighted by atomic mass is 79.9. The number of rotatable bonds is 1. The van der Waals surface area contributed by atoms with Crippen LogP contribution >= 0.6 is 15.9 Å². The SMILES string of the molecule is CN1CCc2cccc(-c3cccc(Br)c3)c2C12OC(=O)C=CC(=O)O2. The fraction of sp³-hybridized carbons (Fsp3) is 0.200. The second-order valence-corrected chi connectivity index (χ2v) is 7.19. The van der Waals surface area contributed by atoms with Crippen molar-refractivity contribution < 1.29 is 19.1 Å². The van der Waals surface area contributed by atoms with E-state index in [1.807, 2.05) is 42.5 Å². The van der Waals surface area contributed by atoms with Crippen LogP contribution in [0.2, 0.25) is 0 Å². The Morgan fingerprint density at radius 2 is 1.73 bits per heavy atom. The minimum atomic E-state index is -1.58. The van der Waals surface area contributed by atoms with Crippen molar-refractivity contribution in [2.45, 2.75) is 12.3 Å². The van der Waals surface area contributed by atoms with Gasteiger partial charge >= 0.3 is 17.8 Å². The monoisotopic (exact) mass is 413 g/mol. The predicted octanol–water partition coefficient (Wildman–Crippen LogP) is 3.37. The number of hydrogen-bond donors (Lipinski definition) is 0. The summed E-state index contributed by atoms with van der Waals surface area (Å²) in [6, 6.07) is 13.7. The standard InChI is InChI=1S/C20H16BrNO4/c1-22-11-10-13-4-3-7-16(14-5-2-6-15(21)12-14)19(13)20(22)25-17(23)8-9-18(24)26-20/h2-9,12H,10-11H2,1H3.